The molecule has 2 nitrogen and oxygen atoms in total. The second-order valence-corrected chi connectivity index (χ2v) is 6.34. The zero-order chi connectivity index (χ0) is 13.2. The largest absolute Gasteiger partial charge is 0.301 e. The molecule has 1 N–H and O–H groups in total. The van der Waals surface area contributed by atoms with E-state index in [1.807, 2.05) is 11.6 Å². The first-order valence-electron chi connectivity index (χ1n) is 7.00. The molecule has 100 valence electrons. The summed E-state index contributed by atoms with van der Waals surface area (Å²) in [4.78, 5) is 4.41. The van der Waals surface area contributed by atoms with Crippen LogP contribution in [0.5, 0.6) is 0 Å². The molecule has 0 bridgehead atoms. The van der Waals surface area contributed by atoms with Crippen molar-refractivity contribution in [1.82, 2.24) is 10.3 Å². The number of hydrogen-bond donors (Lipinski definition) is 1. The fourth-order valence-electron chi connectivity index (χ4n) is 3.00. The molecule has 2 aromatic rings. The van der Waals surface area contributed by atoms with Crippen LogP contribution in [0.2, 0.25) is 0 Å². The number of fused-ring (bicyclic) bond motifs is 1. The summed E-state index contributed by atoms with van der Waals surface area (Å²) in [5, 5.41) is 6.97. The smallest absolute Gasteiger partial charge is 0.109 e. The maximum atomic E-state index is 4.41. The maximum Gasteiger partial charge on any atom is 0.109 e. The van der Waals surface area contributed by atoms with Gasteiger partial charge in [0.1, 0.15) is 5.01 Å². The monoisotopic (exact) mass is 272 g/mol. The molecule has 0 radical (unpaired) electrons. The van der Waals surface area contributed by atoms with Gasteiger partial charge in [0.05, 0.1) is 6.04 Å². The molecule has 3 rings (SSSR count). The molecule has 1 aliphatic rings. The molecule has 1 aliphatic carbocycles. The summed E-state index contributed by atoms with van der Waals surface area (Å²) in [6.45, 7) is 4.54. The third-order valence-electron chi connectivity index (χ3n) is 4.06. The molecule has 1 heterocycles. The number of hydrogen-bond acceptors (Lipinski definition) is 3. The van der Waals surface area contributed by atoms with E-state index in [0.717, 1.165) is 0 Å². The van der Waals surface area contributed by atoms with Crippen LogP contribution in [0.1, 0.15) is 60.8 Å². The van der Waals surface area contributed by atoms with Crippen LogP contribution in [-0.2, 0) is 0 Å². The first-order chi connectivity index (χ1) is 9.25. The van der Waals surface area contributed by atoms with Crippen LogP contribution in [0.25, 0.3) is 0 Å². The lowest BCUT2D eigenvalue weighted by Gasteiger charge is -2.32. The Morgan fingerprint density at radius 3 is 2.79 bits per heavy atom. The van der Waals surface area contributed by atoms with E-state index in [4.69, 9.17) is 0 Å². The number of nitrogens with one attached hydrogen (secondary N) is 1. The van der Waals surface area contributed by atoms with Crippen LogP contribution in [0.15, 0.2) is 35.8 Å². The molecular weight excluding hydrogens is 252 g/mol. The standard InChI is InChI=1S/C16H20N2S/c1-11-7-8-15(14-6-4-3-5-13(11)14)18-12(2)16-17-9-10-19-16/h3-6,9-12,15,18H,7-8H2,1-2H3. The fraction of sp³-hybridized carbons (Fsp3) is 0.438. The van der Waals surface area contributed by atoms with Crippen molar-refractivity contribution in [3.8, 4) is 0 Å². The van der Waals surface area contributed by atoms with E-state index in [1.165, 1.54) is 29.0 Å². The molecule has 0 saturated carbocycles. The highest BCUT2D eigenvalue weighted by Crippen LogP contribution is 2.38. The molecule has 0 fully saturated rings. The minimum atomic E-state index is 0.325. The highest BCUT2D eigenvalue weighted by Gasteiger charge is 2.25. The predicted molar refractivity (Wildman–Crippen MR) is 80.5 cm³/mol. The first kappa shape index (κ1) is 12.8. The molecular formula is C16H20N2S. The summed E-state index contributed by atoms with van der Waals surface area (Å²) < 4.78 is 0. The van der Waals surface area contributed by atoms with E-state index in [2.05, 4.69) is 48.4 Å². The van der Waals surface area contributed by atoms with Crippen molar-refractivity contribution in [3.05, 3.63) is 52.0 Å². The summed E-state index contributed by atoms with van der Waals surface area (Å²) in [6, 6.07) is 9.65. The lowest BCUT2D eigenvalue weighted by Crippen LogP contribution is -2.28. The van der Waals surface area contributed by atoms with Crippen LogP contribution < -0.4 is 5.32 Å². The number of rotatable bonds is 3. The van der Waals surface area contributed by atoms with Gasteiger partial charge in [0, 0.05) is 17.6 Å². The van der Waals surface area contributed by atoms with Crippen molar-refractivity contribution in [2.75, 3.05) is 0 Å². The summed E-state index contributed by atoms with van der Waals surface area (Å²) in [5.41, 5.74) is 2.99. The zero-order valence-electron chi connectivity index (χ0n) is 11.5. The van der Waals surface area contributed by atoms with E-state index in [0.29, 0.717) is 18.0 Å². The van der Waals surface area contributed by atoms with Gasteiger partial charge in [0.25, 0.3) is 0 Å². The van der Waals surface area contributed by atoms with E-state index in [-0.39, 0.29) is 0 Å². The second-order valence-electron chi connectivity index (χ2n) is 5.42. The summed E-state index contributed by atoms with van der Waals surface area (Å²) in [6.07, 6.45) is 4.36. The van der Waals surface area contributed by atoms with Crippen molar-refractivity contribution >= 4 is 11.3 Å². The summed E-state index contributed by atoms with van der Waals surface area (Å²) in [5.74, 6) is 0.685. The average Bonchev–Trinajstić information content (AvgIpc) is 2.96. The fourth-order valence-corrected chi connectivity index (χ4v) is 3.65. The number of nitrogens with zero attached hydrogens (tertiary/aromatic N) is 1. The van der Waals surface area contributed by atoms with Crippen LogP contribution in [-0.4, -0.2) is 4.98 Å². The predicted octanol–water partition coefficient (Wildman–Crippen LogP) is 4.43. The highest BCUT2D eigenvalue weighted by molar-refractivity contribution is 7.09. The Hall–Kier alpha value is -1.19. The normalized spacial score (nSPS) is 23.9. The van der Waals surface area contributed by atoms with Crippen LogP contribution in [0, 0.1) is 0 Å². The van der Waals surface area contributed by atoms with Gasteiger partial charge < -0.3 is 5.32 Å². The average molecular weight is 272 g/mol. The molecule has 0 saturated heterocycles. The van der Waals surface area contributed by atoms with E-state index < -0.39 is 0 Å². The van der Waals surface area contributed by atoms with Gasteiger partial charge in [-0.15, -0.1) is 11.3 Å². The molecule has 19 heavy (non-hydrogen) atoms. The van der Waals surface area contributed by atoms with Gasteiger partial charge in [-0.3, -0.25) is 0 Å². The Kier molecular flexibility index (Phi) is 3.67. The topological polar surface area (TPSA) is 24.9 Å². The van der Waals surface area contributed by atoms with Crippen molar-refractivity contribution in [1.29, 1.82) is 0 Å². The quantitative estimate of drug-likeness (QED) is 0.894. The van der Waals surface area contributed by atoms with Crippen molar-refractivity contribution < 1.29 is 0 Å². The minimum Gasteiger partial charge on any atom is -0.301 e. The van der Waals surface area contributed by atoms with Crippen LogP contribution in [0.3, 0.4) is 0 Å². The molecule has 1 aromatic heterocycles. The Balaban J connectivity index is 1.81. The number of benzene rings is 1. The van der Waals surface area contributed by atoms with Crippen molar-refractivity contribution in [3.63, 3.8) is 0 Å². The van der Waals surface area contributed by atoms with Gasteiger partial charge in [0.15, 0.2) is 0 Å². The molecule has 3 heteroatoms. The molecule has 0 spiro atoms. The van der Waals surface area contributed by atoms with E-state index >= 15 is 0 Å². The maximum absolute atomic E-state index is 4.41. The number of thiazole rings is 1. The van der Waals surface area contributed by atoms with Crippen LogP contribution >= 0.6 is 11.3 Å². The van der Waals surface area contributed by atoms with Gasteiger partial charge in [-0.2, -0.15) is 0 Å². The Labute approximate surface area is 118 Å². The van der Waals surface area contributed by atoms with Crippen LogP contribution in [0.4, 0.5) is 0 Å². The van der Waals surface area contributed by atoms with Gasteiger partial charge in [-0.1, -0.05) is 31.2 Å². The third-order valence-corrected chi connectivity index (χ3v) is 5.02. The Morgan fingerprint density at radius 2 is 2.05 bits per heavy atom. The molecule has 1 aromatic carbocycles. The Morgan fingerprint density at radius 1 is 1.26 bits per heavy atom. The lowest BCUT2D eigenvalue weighted by atomic mass is 9.81. The molecule has 0 aliphatic heterocycles. The number of aromatic nitrogens is 1. The summed E-state index contributed by atoms with van der Waals surface area (Å²) >= 11 is 1.73. The lowest BCUT2D eigenvalue weighted by molar-refractivity contribution is 0.395. The minimum absolute atomic E-state index is 0.325. The third kappa shape index (κ3) is 2.58. The van der Waals surface area contributed by atoms with E-state index in [9.17, 15) is 0 Å². The van der Waals surface area contributed by atoms with E-state index in [1.54, 1.807) is 11.3 Å². The van der Waals surface area contributed by atoms with Gasteiger partial charge in [-0.25, -0.2) is 4.98 Å². The first-order valence-corrected chi connectivity index (χ1v) is 7.88. The Bertz CT molecular complexity index is 535. The van der Waals surface area contributed by atoms with Gasteiger partial charge >= 0.3 is 0 Å². The highest BCUT2D eigenvalue weighted by atomic mass is 32.1. The molecule has 0 amide bonds. The van der Waals surface area contributed by atoms with Crippen molar-refractivity contribution in [2.24, 2.45) is 0 Å². The van der Waals surface area contributed by atoms with Crippen molar-refractivity contribution in [2.45, 2.75) is 44.7 Å². The summed E-state index contributed by atoms with van der Waals surface area (Å²) in [7, 11) is 0. The van der Waals surface area contributed by atoms with Gasteiger partial charge in [0.2, 0.25) is 0 Å². The molecule has 3 unspecified atom stereocenters. The second kappa shape index (κ2) is 5.43. The zero-order valence-corrected chi connectivity index (χ0v) is 12.3. The van der Waals surface area contributed by atoms with Gasteiger partial charge in [-0.05, 0) is 36.8 Å². The SMILES string of the molecule is CC1CCC(NC(C)c2nccs2)c2ccccc21. The molecule has 3 atom stereocenters.